The van der Waals surface area contributed by atoms with Gasteiger partial charge in [-0.25, -0.2) is 19.7 Å². The third-order valence-electron chi connectivity index (χ3n) is 5.75. The van der Waals surface area contributed by atoms with E-state index in [1.807, 2.05) is 26.0 Å². The van der Waals surface area contributed by atoms with E-state index in [0.717, 1.165) is 21.6 Å². The van der Waals surface area contributed by atoms with Gasteiger partial charge in [0.1, 0.15) is 40.6 Å². The first-order chi connectivity index (χ1) is 16.3. The summed E-state index contributed by atoms with van der Waals surface area (Å²) in [5.74, 6) is -0.837. The van der Waals surface area contributed by atoms with E-state index in [1.165, 1.54) is 6.33 Å². The van der Waals surface area contributed by atoms with Crippen LogP contribution in [0.4, 0.5) is 0 Å². The van der Waals surface area contributed by atoms with Crippen LogP contribution < -0.4 is 5.63 Å². The van der Waals surface area contributed by atoms with Crippen molar-refractivity contribution in [2.75, 3.05) is 6.61 Å². The number of benzene rings is 1. The molecular weight excluding hydrogens is 528 g/mol. The summed E-state index contributed by atoms with van der Waals surface area (Å²) < 4.78 is 26.5. The lowest BCUT2D eigenvalue weighted by molar-refractivity contribution is -0.200. The number of halogens is 1. The molecular formula is C22H19BrN4O6S. The van der Waals surface area contributed by atoms with E-state index >= 15 is 0 Å². The van der Waals surface area contributed by atoms with E-state index in [1.54, 1.807) is 22.9 Å². The molecule has 0 spiro atoms. The number of aliphatic hydroxyl groups is 1. The molecule has 0 radical (unpaired) electrons. The molecule has 4 atom stereocenters. The van der Waals surface area contributed by atoms with E-state index in [4.69, 9.17) is 18.6 Å². The number of hydrogen-bond donors (Lipinski definition) is 1. The molecule has 176 valence electrons. The predicted molar refractivity (Wildman–Crippen MR) is 124 cm³/mol. The second kappa shape index (κ2) is 8.11. The molecule has 2 aliphatic heterocycles. The van der Waals surface area contributed by atoms with E-state index in [2.05, 4.69) is 30.9 Å². The number of fused-ring (bicyclic) bond motifs is 3. The van der Waals surface area contributed by atoms with Crippen molar-refractivity contribution >= 4 is 49.8 Å². The van der Waals surface area contributed by atoms with Gasteiger partial charge >= 0.3 is 5.63 Å². The van der Waals surface area contributed by atoms with Crippen LogP contribution in [0.5, 0.6) is 0 Å². The monoisotopic (exact) mass is 546 g/mol. The zero-order valence-corrected chi connectivity index (χ0v) is 20.4. The molecule has 0 aliphatic carbocycles. The SMILES string of the molecule is CC1(C)O[C@@H]2[C@H](O1)[C@@H](CO)O[C@H]2n1c(Sc2cc3cc(Br)ccc3oc2=O)nc2cncnc21. The van der Waals surface area contributed by atoms with Gasteiger partial charge in [-0.1, -0.05) is 15.9 Å². The molecule has 34 heavy (non-hydrogen) atoms. The largest absolute Gasteiger partial charge is 0.422 e. The fourth-order valence-corrected chi connectivity index (χ4v) is 5.71. The Morgan fingerprint density at radius 2 is 2.06 bits per heavy atom. The van der Waals surface area contributed by atoms with Crippen LogP contribution >= 0.6 is 27.7 Å². The first-order valence-electron chi connectivity index (χ1n) is 10.5. The van der Waals surface area contributed by atoms with Gasteiger partial charge in [0.15, 0.2) is 22.8 Å². The van der Waals surface area contributed by atoms with Crippen molar-refractivity contribution in [2.45, 2.75) is 54.2 Å². The highest BCUT2D eigenvalue weighted by Crippen LogP contribution is 2.45. The number of aliphatic hydroxyl groups excluding tert-OH is 1. The zero-order chi connectivity index (χ0) is 23.6. The summed E-state index contributed by atoms with van der Waals surface area (Å²) >= 11 is 4.59. The van der Waals surface area contributed by atoms with Crippen molar-refractivity contribution in [3.05, 3.63) is 51.7 Å². The number of hydrogen-bond acceptors (Lipinski definition) is 10. The minimum atomic E-state index is -0.837. The quantitative estimate of drug-likeness (QED) is 0.381. The van der Waals surface area contributed by atoms with Gasteiger partial charge in [-0.15, -0.1) is 0 Å². The molecule has 5 heterocycles. The summed E-state index contributed by atoms with van der Waals surface area (Å²) in [5.41, 5.74) is 1.05. The van der Waals surface area contributed by atoms with Gasteiger partial charge in [0, 0.05) is 9.86 Å². The van der Waals surface area contributed by atoms with Crippen LogP contribution in [-0.2, 0) is 14.2 Å². The molecule has 2 aliphatic rings. The third-order valence-corrected chi connectivity index (χ3v) is 7.21. The van der Waals surface area contributed by atoms with Crippen LogP contribution in [0.15, 0.2) is 60.5 Å². The molecule has 2 saturated heterocycles. The molecule has 4 aromatic rings. The Morgan fingerprint density at radius 1 is 1.24 bits per heavy atom. The van der Waals surface area contributed by atoms with Crippen molar-refractivity contribution in [1.29, 1.82) is 0 Å². The number of nitrogens with zero attached hydrogens (tertiary/aromatic N) is 4. The topological polar surface area (TPSA) is 122 Å². The number of aromatic nitrogens is 4. The highest BCUT2D eigenvalue weighted by Gasteiger charge is 2.56. The van der Waals surface area contributed by atoms with Crippen molar-refractivity contribution in [1.82, 2.24) is 19.5 Å². The van der Waals surface area contributed by atoms with Crippen molar-refractivity contribution in [2.24, 2.45) is 0 Å². The highest BCUT2D eigenvalue weighted by atomic mass is 79.9. The van der Waals surface area contributed by atoms with Gasteiger partial charge in [-0.05, 0) is 49.9 Å². The Balaban J connectivity index is 1.47. The van der Waals surface area contributed by atoms with Gasteiger partial charge in [-0.3, -0.25) is 4.57 Å². The highest BCUT2D eigenvalue weighted by molar-refractivity contribution is 9.10. The molecule has 1 N–H and O–H groups in total. The maximum atomic E-state index is 12.8. The maximum Gasteiger partial charge on any atom is 0.350 e. The van der Waals surface area contributed by atoms with Crippen LogP contribution in [-0.4, -0.2) is 55.3 Å². The summed E-state index contributed by atoms with van der Waals surface area (Å²) in [6.07, 6.45) is 0.760. The van der Waals surface area contributed by atoms with Crippen LogP contribution in [0.25, 0.3) is 22.1 Å². The van der Waals surface area contributed by atoms with E-state index in [-0.39, 0.29) is 6.61 Å². The predicted octanol–water partition coefficient (Wildman–Crippen LogP) is 3.26. The summed E-state index contributed by atoms with van der Waals surface area (Å²) in [5, 5.41) is 11.1. The number of imidazole rings is 1. The Bertz CT molecular complexity index is 1470. The number of ether oxygens (including phenoxy) is 3. The second-order valence-corrected chi connectivity index (χ2v) is 10.4. The van der Waals surface area contributed by atoms with E-state index in [9.17, 15) is 9.90 Å². The maximum absolute atomic E-state index is 12.8. The standard InChI is InChI=1S/C22H19BrN4O6S/c1-22(2)32-16-14(8-28)30-19(17(16)33-22)27-18-12(7-24-9-25-18)26-21(27)34-15-6-10-5-11(23)3-4-13(10)31-20(15)29/h3-7,9,14,16-17,19,28H,8H2,1-2H3/t14-,16-,17-,19-/m1/s1. The van der Waals surface area contributed by atoms with Gasteiger partial charge in [0.2, 0.25) is 0 Å². The van der Waals surface area contributed by atoms with Gasteiger partial charge in [-0.2, -0.15) is 0 Å². The van der Waals surface area contributed by atoms with Crippen molar-refractivity contribution < 1.29 is 23.7 Å². The molecule has 0 bridgehead atoms. The molecule has 3 aromatic heterocycles. The summed E-state index contributed by atoms with van der Waals surface area (Å²) in [6.45, 7) is 3.41. The molecule has 6 rings (SSSR count). The Kier molecular flexibility index (Phi) is 5.28. The third kappa shape index (κ3) is 3.65. The van der Waals surface area contributed by atoms with Gasteiger partial charge in [0.25, 0.3) is 0 Å². The summed E-state index contributed by atoms with van der Waals surface area (Å²) in [6, 6.07) is 7.19. The Labute approximate surface area is 205 Å². The molecule has 10 nitrogen and oxygen atoms in total. The second-order valence-electron chi connectivity index (χ2n) is 8.49. The van der Waals surface area contributed by atoms with Crippen LogP contribution in [0.1, 0.15) is 20.1 Å². The molecule has 2 fully saturated rings. The Hall–Kier alpha value is -2.35. The molecule has 0 saturated carbocycles. The lowest BCUT2D eigenvalue weighted by Gasteiger charge is -2.25. The summed E-state index contributed by atoms with van der Waals surface area (Å²) in [4.78, 5) is 26.3. The average Bonchev–Trinajstić information content (AvgIpc) is 3.42. The molecule has 1 aromatic carbocycles. The van der Waals surface area contributed by atoms with Gasteiger partial charge in [0.05, 0.1) is 12.8 Å². The fraction of sp³-hybridized carbons (Fsp3) is 0.364. The Morgan fingerprint density at radius 3 is 2.88 bits per heavy atom. The van der Waals surface area contributed by atoms with Crippen LogP contribution in [0.3, 0.4) is 0 Å². The normalized spacial score (nSPS) is 25.9. The van der Waals surface area contributed by atoms with Crippen LogP contribution in [0.2, 0.25) is 0 Å². The molecule has 0 amide bonds. The average molecular weight is 547 g/mol. The lowest BCUT2D eigenvalue weighted by atomic mass is 10.1. The van der Waals surface area contributed by atoms with E-state index in [0.29, 0.717) is 26.8 Å². The smallest absolute Gasteiger partial charge is 0.350 e. The number of rotatable bonds is 4. The van der Waals surface area contributed by atoms with E-state index < -0.39 is 36.0 Å². The van der Waals surface area contributed by atoms with Crippen molar-refractivity contribution in [3.63, 3.8) is 0 Å². The van der Waals surface area contributed by atoms with Crippen LogP contribution in [0, 0.1) is 0 Å². The zero-order valence-electron chi connectivity index (χ0n) is 18.0. The minimum Gasteiger partial charge on any atom is -0.422 e. The minimum absolute atomic E-state index is 0.232. The fourth-order valence-electron chi connectivity index (χ4n) is 4.39. The lowest BCUT2D eigenvalue weighted by Crippen LogP contribution is -2.31. The van der Waals surface area contributed by atoms with Gasteiger partial charge < -0.3 is 23.7 Å². The first-order valence-corrected chi connectivity index (χ1v) is 12.1. The molecule has 0 unspecified atom stereocenters. The summed E-state index contributed by atoms with van der Waals surface area (Å²) in [7, 11) is 0. The first kappa shape index (κ1) is 22.1. The molecule has 12 heteroatoms. The van der Waals surface area contributed by atoms with Crippen molar-refractivity contribution in [3.8, 4) is 0 Å².